The molecule has 4 aromatic carbocycles. The quantitative estimate of drug-likeness (QED) is 0.323. The number of hydrogen-bond donors (Lipinski definition) is 1. The van der Waals surface area contributed by atoms with Gasteiger partial charge in [0.15, 0.2) is 0 Å². The van der Waals surface area contributed by atoms with Gasteiger partial charge in [-0.2, -0.15) is 0 Å². The molecule has 0 aliphatic rings. The maximum atomic E-state index is 10.8. The van der Waals surface area contributed by atoms with E-state index in [0.717, 1.165) is 56.4 Å². The molecule has 0 aliphatic heterocycles. The number of ether oxygens (including phenoxy) is 3. The molecule has 33 heavy (non-hydrogen) atoms. The highest BCUT2D eigenvalue weighted by Crippen LogP contribution is 2.43. The molecule has 0 fully saturated rings. The van der Waals surface area contributed by atoms with Crippen molar-refractivity contribution in [2.75, 3.05) is 14.2 Å². The number of carbonyl (C=O) groups is 1. The third-order valence-electron chi connectivity index (χ3n) is 5.39. The Bertz CT molecular complexity index is 1320. The smallest absolute Gasteiger partial charge is 0.328 e. The van der Waals surface area contributed by atoms with Gasteiger partial charge in [0, 0.05) is 17.0 Å². The van der Waals surface area contributed by atoms with E-state index >= 15 is 0 Å². The SMILES string of the molecule is COc1ccc(-c2c(C)cc3cc(OC)ccc3c2Oc2ccc(C=CC(=O)O)cc2)cc1. The van der Waals surface area contributed by atoms with E-state index in [-0.39, 0.29) is 0 Å². The van der Waals surface area contributed by atoms with Crippen molar-refractivity contribution in [3.05, 3.63) is 90.0 Å². The molecule has 4 rings (SSSR count). The number of aliphatic carboxylic acids is 1. The monoisotopic (exact) mass is 440 g/mol. The van der Waals surface area contributed by atoms with Crippen LogP contribution in [0.15, 0.2) is 78.9 Å². The van der Waals surface area contributed by atoms with Crippen molar-refractivity contribution in [3.63, 3.8) is 0 Å². The van der Waals surface area contributed by atoms with E-state index in [1.165, 1.54) is 0 Å². The number of methoxy groups -OCH3 is 2. The minimum atomic E-state index is -0.985. The van der Waals surface area contributed by atoms with Crippen molar-refractivity contribution in [2.24, 2.45) is 0 Å². The van der Waals surface area contributed by atoms with Crippen LogP contribution in [0.1, 0.15) is 11.1 Å². The Labute approximate surface area is 192 Å². The van der Waals surface area contributed by atoms with Crippen molar-refractivity contribution in [2.45, 2.75) is 6.92 Å². The average Bonchev–Trinajstić information content (AvgIpc) is 2.83. The predicted molar refractivity (Wildman–Crippen MR) is 130 cm³/mol. The lowest BCUT2D eigenvalue weighted by Crippen LogP contribution is -1.95. The lowest BCUT2D eigenvalue weighted by atomic mass is 9.94. The summed E-state index contributed by atoms with van der Waals surface area (Å²) in [5, 5.41) is 10.8. The lowest BCUT2D eigenvalue weighted by molar-refractivity contribution is -0.131. The second-order valence-electron chi connectivity index (χ2n) is 7.56. The number of carboxylic acid groups (broad SMARTS) is 1. The second-order valence-corrected chi connectivity index (χ2v) is 7.56. The molecule has 0 unspecified atom stereocenters. The van der Waals surface area contributed by atoms with E-state index in [0.29, 0.717) is 5.75 Å². The van der Waals surface area contributed by atoms with Gasteiger partial charge >= 0.3 is 5.97 Å². The first-order valence-corrected chi connectivity index (χ1v) is 10.4. The summed E-state index contributed by atoms with van der Waals surface area (Å²) in [7, 11) is 3.30. The van der Waals surface area contributed by atoms with Crippen LogP contribution in [0.3, 0.4) is 0 Å². The van der Waals surface area contributed by atoms with Gasteiger partial charge in [-0.1, -0.05) is 30.3 Å². The molecular weight excluding hydrogens is 416 g/mol. The van der Waals surface area contributed by atoms with E-state index in [2.05, 4.69) is 13.0 Å². The van der Waals surface area contributed by atoms with E-state index in [4.69, 9.17) is 19.3 Å². The first-order valence-electron chi connectivity index (χ1n) is 10.4. The van der Waals surface area contributed by atoms with Crippen LogP contribution in [0.2, 0.25) is 0 Å². The first-order chi connectivity index (χ1) is 16.0. The molecule has 4 aromatic rings. The minimum absolute atomic E-state index is 0.653. The number of hydrogen-bond acceptors (Lipinski definition) is 4. The third-order valence-corrected chi connectivity index (χ3v) is 5.39. The summed E-state index contributed by atoms with van der Waals surface area (Å²) in [5.41, 5.74) is 3.85. The van der Waals surface area contributed by atoms with E-state index in [1.807, 2.05) is 66.7 Å². The highest BCUT2D eigenvalue weighted by atomic mass is 16.5. The number of carboxylic acids is 1. The minimum Gasteiger partial charge on any atom is -0.497 e. The number of benzene rings is 4. The fourth-order valence-corrected chi connectivity index (χ4v) is 3.77. The van der Waals surface area contributed by atoms with E-state index < -0.39 is 5.97 Å². The van der Waals surface area contributed by atoms with Gasteiger partial charge in [-0.15, -0.1) is 0 Å². The highest BCUT2D eigenvalue weighted by Gasteiger charge is 2.16. The van der Waals surface area contributed by atoms with E-state index in [9.17, 15) is 4.79 Å². The topological polar surface area (TPSA) is 65.0 Å². The molecule has 0 spiro atoms. The van der Waals surface area contributed by atoms with Crippen LogP contribution in [0, 0.1) is 6.92 Å². The summed E-state index contributed by atoms with van der Waals surface area (Å²) < 4.78 is 17.2. The highest BCUT2D eigenvalue weighted by molar-refractivity contribution is 5.97. The molecule has 0 bridgehead atoms. The standard InChI is InChI=1S/C28H24O5/c1-18-16-21-17-24(32-3)13-14-25(21)28(27(18)20-7-11-22(31-2)12-8-20)33-23-9-4-19(5-10-23)6-15-26(29)30/h4-17H,1-3H3,(H,29,30). The number of rotatable bonds is 7. The van der Waals surface area contributed by atoms with Gasteiger partial charge in [0.1, 0.15) is 23.0 Å². The molecule has 0 saturated heterocycles. The van der Waals surface area contributed by atoms with Gasteiger partial charge in [-0.3, -0.25) is 0 Å². The van der Waals surface area contributed by atoms with Crippen molar-refractivity contribution >= 4 is 22.8 Å². The maximum Gasteiger partial charge on any atom is 0.328 e. The largest absolute Gasteiger partial charge is 0.497 e. The Kier molecular flexibility index (Phi) is 6.31. The van der Waals surface area contributed by atoms with Gasteiger partial charge in [0.2, 0.25) is 0 Å². The Morgan fingerprint density at radius 3 is 2.09 bits per heavy atom. The van der Waals surface area contributed by atoms with Crippen LogP contribution >= 0.6 is 0 Å². The van der Waals surface area contributed by atoms with E-state index in [1.54, 1.807) is 20.3 Å². The van der Waals surface area contributed by atoms with Crippen LogP contribution in [-0.4, -0.2) is 25.3 Å². The zero-order valence-electron chi connectivity index (χ0n) is 18.7. The van der Waals surface area contributed by atoms with Gasteiger partial charge in [0.25, 0.3) is 0 Å². The number of fused-ring (bicyclic) bond motifs is 1. The summed E-state index contributed by atoms with van der Waals surface area (Å²) in [6, 6.07) is 23.2. The zero-order chi connectivity index (χ0) is 23.4. The molecule has 0 amide bonds. The van der Waals surface area contributed by atoms with Gasteiger partial charge < -0.3 is 19.3 Å². The van der Waals surface area contributed by atoms with Gasteiger partial charge in [-0.25, -0.2) is 4.79 Å². The summed E-state index contributed by atoms with van der Waals surface area (Å²) in [5.74, 6) is 1.97. The van der Waals surface area contributed by atoms with Crippen LogP contribution in [0.4, 0.5) is 0 Å². The zero-order valence-corrected chi connectivity index (χ0v) is 18.7. The fraction of sp³-hybridized carbons (Fsp3) is 0.107. The van der Waals surface area contributed by atoms with Crippen LogP contribution in [-0.2, 0) is 4.79 Å². The summed E-state index contributed by atoms with van der Waals surface area (Å²) >= 11 is 0. The summed E-state index contributed by atoms with van der Waals surface area (Å²) in [6.07, 6.45) is 2.66. The first kappa shape index (κ1) is 22.0. The molecule has 166 valence electrons. The Morgan fingerprint density at radius 2 is 1.45 bits per heavy atom. The Balaban J connectivity index is 1.83. The molecule has 0 radical (unpaired) electrons. The van der Waals surface area contributed by atoms with Gasteiger partial charge in [-0.05, 0) is 77.5 Å². The normalized spacial score (nSPS) is 11.0. The molecule has 5 heteroatoms. The molecule has 0 aromatic heterocycles. The van der Waals surface area contributed by atoms with Crippen molar-refractivity contribution in [3.8, 4) is 34.1 Å². The Morgan fingerprint density at radius 1 is 0.818 bits per heavy atom. The lowest BCUT2D eigenvalue weighted by Gasteiger charge is -2.18. The number of aryl methyl sites for hydroxylation is 1. The third kappa shape index (κ3) is 4.83. The summed E-state index contributed by atoms with van der Waals surface area (Å²) in [4.78, 5) is 10.8. The van der Waals surface area contributed by atoms with Crippen molar-refractivity contribution in [1.29, 1.82) is 0 Å². The molecule has 0 heterocycles. The molecule has 5 nitrogen and oxygen atoms in total. The van der Waals surface area contributed by atoms with Crippen molar-refractivity contribution in [1.82, 2.24) is 0 Å². The molecule has 0 aliphatic carbocycles. The van der Waals surface area contributed by atoms with Crippen LogP contribution in [0.25, 0.3) is 28.0 Å². The van der Waals surface area contributed by atoms with Gasteiger partial charge in [0.05, 0.1) is 14.2 Å². The molecule has 0 atom stereocenters. The molecular formula is C28H24O5. The van der Waals surface area contributed by atoms with Crippen LogP contribution in [0.5, 0.6) is 23.0 Å². The van der Waals surface area contributed by atoms with Crippen LogP contribution < -0.4 is 14.2 Å². The molecule has 0 saturated carbocycles. The van der Waals surface area contributed by atoms with Crippen molar-refractivity contribution < 1.29 is 24.1 Å². The fourth-order valence-electron chi connectivity index (χ4n) is 3.77. The summed E-state index contributed by atoms with van der Waals surface area (Å²) in [6.45, 7) is 2.06. The second kappa shape index (κ2) is 9.49. The average molecular weight is 440 g/mol. The molecule has 1 N–H and O–H groups in total. The Hall–Kier alpha value is -4.25. The maximum absolute atomic E-state index is 10.8. The predicted octanol–water partition coefficient (Wildman–Crippen LogP) is 6.72.